The first kappa shape index (κ1) is 32.4. The summed E-state index contributed by atoms with van der Waals surface area (Å²) in [5, 5.41) is 10.8. The average molecular weight is 661 g/mol. The Balaban J connectivity index is 1.65. The number of nitrogens with zero attached hydrogens (tertiary/aromatic N) is 1. The summed E-state index contributed by atoms with van der Waals surface area (Å²) in [7, 11) is 1.50. The number of carbonyl (C=O) groups excluding carboxylic acids is 2. The van der Waals surface area contributed by atoms with Crippen molar-refractivity contribution >= 4 is 52.3 Å². The topological polar surface area (TPSA) is 93.1 Å². The quantitative estimate of drug-likeness (QED) is 0.304. The second-order valence-electron chi connectivity index (χ2n) is 13.4. The van der Waals surface area contributed by atoms with E-state index in [0.29, 0.717) is 69.5 Å². The smallest absolute Gasteiger partial charge is 0.305 e. The number of ether oxygens (including phenoxy) is 2. The third-order valence-electron chi connectivity index (χ3n) is 8.54. The Morgan fingerprint density at radius 1 is 0.909 bits per heavy atom. The summed E-state index contributed by atoms with van der Waals surface area (Å²) in [6.45, 7) is 8.45. The van der Waals surface area contributed by atoms with Crippen molar-refractivity contribution in [1.82, 2.24) is 4.90 Å². The molecule has 0 amide bonds. The summed E-state index contributed by atoms with van der Waals surface area (Å²) < 4.78 is 11.8. The van der Waals surface area contributed by atoms with E-state index in [0.717, 1.165) is 11.4 Å². The molecule has 3 aliphatic rings. The fraction of sp³-hybridized carbons (Fsp3) is 0.441. The van der Waals surface area contributed by atoms with Crippen LogP contribution in [0, 0.1) is 10.8 Å². The van der Waals surface area contributed by atoms with Crippen LogP contribution in [0.15, 0.2) is 52.9 Å². The van der Waals surface area contributed by atoms with Gasteiger partial charge in [0, 0.05) is 63.5 Å². The van der Waals surface area contributed by atoms with Crippen molar-refractivity contribution in [3.05, 3.63) is 79.1 Å². The van der Waals surface area contributed by atoms with Gasteiger partial charge in [0.2, 0.25) is 0 Å². The van der Waals surface area contributed by atoms with Gasteiger partial charge < -0.3 is 19.5 Å². The Labute approximate surface area is 272 Å². The Morgan fingerprint density at radius 2 is 1.50 bits per heavy atom. The average Bonchev–Trinajstić information content (AvgIpc) is 2.89. The molecule has 0 aromatic heterocycles. The van der Waals surface area contributed by atoms with Gasteiger partial charge in [-0.05, 0) is 53.5 Å². The Hall–Kier alpha value is -3.00. The number of hydrogen-bond acceptors (Lipinski definition) is 6. The number of benzene rings is 2. The Morgan fingerprint density at radius 3 is 2.02 bits per heavy atom. The molecule has 2 aliphatic carbocycles. The molecule has 2 aromatic rings. The Kier molecular flexibility index (Phi) is 8.89. The molecule has 44 heavy (non-hydrogen) atoms. The first-order chi connectivity index (χ1) is 20.6. The molecular formula is C34H36Cl3NO6. The highest BCUT2D eigenvalue weighted by Crippen LogP contribution is 2.55. The SMILES string of the molecule is COc1cc(C2C3=C(CC(C)(C)CC3=O)N(CCC(=O)O)C3=C2C(=O)CC(C)(C)C3)cc(Cl)c1OCc1ccc(Cl)cc1Cl. The molecule has 7 nitrogen and oxygen atoms in total. The zero-order valence-corrected chi connectivity index (χ0v) is 27.8. The summed E-state index contributed by atoms with van der Waals surface area (Å²) in [5.41, 5.74) is 3.32. The lowest BCUT2D eigenvalue weighted by Crippen LogP contribution is -2.45. The van der Waals surface area contributed by atoms with E-state index in [4.69, 9.17) is 44.3 Å². The Bertz CT molecular complexity index is 1570. The van der Waals surface area contributed by atoms with Gasteiger partial charge in [0.1, 0.15) is 6.61 Å². The van der Waals surface area contributed by atoms with Crippen molar-refractivity contribution in [1.29, 1.82) is 0 Å². The van der Waals surface area contributed by atoms with Crippen LogP contribution >= 0.6 is 34.8 Å². The van der Waals surface area contributed by atoms with Crippen LogP contribution in [0.1, 0.15) is 76.8 Å². The summed E-state index contributed by atoms with van der Waals surface area (Å²) in [5.74, 6) is -1.07. The highest BCUT2D eigenvalue weighted by atomic mass is 35.5. The molecule has 5 rings (SSSR count). The number of ketones is 2. The van der Waals surface area contributed by atoms with E-state index < -0.39 is 11.9 Å². The lowest BCUT2D eigenvalue weighted by molar-refractivity contribution is -0.137. The highest BCUT2D eigenvalue weighted by Gasteiger charge is 2.49. The second kappa shape index (κ2) is 12.1. The molecule has 0 fully saturated rings. The van der Waals surface area contributed by atoms with Crippen LogP contribution in [-0.4, -0.2) is 41.2 Å². The van der Waals surface area contributed by atoms with E-state index in [9.17, 15) is 19.5 Å². The number of carbonyl (C=O) groups is 3. The standard InChI is InChI=1S/C34H36Cl3NO6/c1-33(2)13-23-30(25(39)15-33)29(31-24(38(23)9-8-28(41)42)14-34(3,4)16-26(31)40)19-10-22(37)32(27(11-19)43-5)44-17-18-6-7-20(35)12-21(18)36/h6-7,10-12,29H,8-9,13-17H2,1-5H3,(H,41,42). The predicted molar refractivity (Wildman–Crippen MR) is 171 cm³/mol. The van der Waals surface area contributed by atoms with Gasteiger partial charge in [-0.3, -0.25) is 14.4 Å². The number of allylic oxidation sites excluding steroid dienone is 4. The van der Waals surface area contributed by atoms with E-state index in [1.165, 1.54) is 7.11 Å². The lowest BCUT2D eigenvalue weighted by Gasteiger charge is -2.49. The maximum Gasteiger partial charge on any atom is 0.305 e. The van der Waals surface area contributed by atoms with Gasteiger partial charge in [0.15, 0.2) is 23.1 Å². The second-order valence-corrected chi connectivity index (χ2v) is 14.6. The summed E-state index contributed by atoms with van der Waals surface area (Å²) in [6.07, 6.45) is 1.65. The van der Waals surface area contributed by atoms with Gasteiger partial charge in [-0.25, -0.2) is 0 Å². The molecule has 1 N–H and O–H groups in total. The minimum atomic E-state index is -0.939. The third-order valence-corrected chi connectivity index (χ3v) is 9.41. The zero-order valence-electron chi connectivity index (χ0n) is 25.5. The maximum absolute atomic E-state index is 14.0. The minimum absolute atomic E-state index is 0.0569. The molecule has 0 saturated carbocycles. The zero-order chi connectivity index (χ0) is 32.1. The predicted octanol–water partition coefficient (Wildman–Crippen LogP) is 8.39. The van der Waals surface area contributed by atoms with E-state index in [1.807, 2.05) is 32.6 Å². The highest BCUT2D eigenvalue weighted by molar-refractivity contribution is 6.35. The fourth-order valence-corrected chi connectivity index (χ4v) is 7.43. The van der Waals surface area contributed by atoms with Crippen LogP contribution in [0.2, 0.25) is 15.1 Å². The van der Waals surface area contributed by atoms with E-state index in [1.54, 1.807) is 30.3 Å². The molecule has 0 atom stereocenters. The molecule has 1 aliphatic heterocycles. The van der Waals surface area contributed by atoms with Crippen LogP contribution in [0.4, 0.5) is 0 Å². The molecule has 0 saturated heterocycles. The number of aliphatic carboxylic acids is 1. The van der Waals surface area contributed by atoms with Crippen LogP contribution in [0.25, 0.3) is 0 Å². The van der Waals surface area contributed by atoms with Gasteiger partial charge in [-0.15, -0.1) is 0 Å². The number of carboxylic acid groups (broad SMARTS) is 1. The largest absolute Gasteiger partial charge is 0.493 e. The molecule has 1 heterocycles. The number of methoxy groups -OCH3 is 1. The molecule has 0 radical (unpaired) electrons. The molecular weight excluding hydrogens is 625 g/mol. The number of Topliss-reactive ketones (excluding diaryl/α,β-unsaturated/α-hetero) is 2. The van der Waals surface area contributed by atoms with Crippen molar-refractivity contribution in [2.45, 2.75) is 72.3 Å². The van der Waals surface area contributed by atoms with E-state index in [-0.39, 0.29) is 47.0 Å². The van der Waals surface area contributed by atoms with Crippen LogP contribution < -0.4 is 9.47 Å². The first-order valence-corrected chi connectivity index (χ1v) is 15.7. The van der Waals surface area contributed by atoms with Crippen molar-refractivity contribution in [2.24, 2.45) is 10.8 Å². The maximum atomic E-state index is 14.0. The van der Waals surface area contributed by atoms with Crippen molar-refractivity contribution in [3.63, 3.8) is 0 Å². The van der Waals surface area contributed by atoms with Crippen molar-refractivity contribution in [3.8, 4) is 11.5 Å². The van der Waals surface area contributed by atoms with Crippen molar-refractivity contribution in [2.75, 3.05) is 13.7 Å². The molecule has 0 spiro atoms. The first-order valence-electron chi connectivity index (χ1n) is 14.6. The normalized spacial score (nSPS) is 19.6. The number of halogens is 3. The summed E-state index contributed by atoms with van der Waals surface area (Å²) in [4.78, 5) is 41.7. The van der Waals surface area contributed by atoms with E-state index in [2.05, 4.69) is 0 Å². The molecule has 10 heteroatoms. The fourth-order valence-electron chi connectivity index (χ4n) is 6.69. The van der Waals surface area contributed by atoms with Crippen molar-refractivity contribution < 1.29 is 29.0 Å². The van der Waals surface area contributed by atoms with Gasteiger partial charge in [-0.1, -0.05) is 68.6 Å². The lowest BCUT2D eigenvalue weighted by atomic mass is 9.63. The monoisotopic (exact) mass is 659 g/mol. The molecule has 0 bridgehead atoms. The summed E-state index contributed by atoms with van der Waals surface area (Å²) >= 11 is 19.2. The van der Waals surface area contributed by atoms with Gasteiger partial charge >= 0.3 is 5.97 Å². The number of rotatable bonds is 8. The molecule has 0 unspecified atom stereocenters. The van der Waals surface area contributed by atoms with Gasteiger partial charge in [0.05, 0.1) is 18.6 Å². The summed E-state index contributed by atoms with van der Waals surface area (Å²) in [6, 6.07) is 8.63. The molecule has 2 aromatic carbocycles. The minimum Gasteiger partial charge on any atom is -0.493 e. The van der Waals surface area contributed by atoms with Gasteiger partial charge in [0.25, 0.3) is 0 Å². The number of hydrogen-bond donors (Lipinski definition) is 1. The van der Waals surface area contributed by atoms with Crippen LogP contribution in [0.5, 0.6) is 11.5 Å². The molecule has 234 valence electrons. The number of carboxylic acids is 1. The van der Waals surface area contributed by atoms with Crippen LogP contribution in [-0.2, 0) is 21.0 Å². The van der Waals surface area contributed by atoms with E-state index >= 15 is 0 Å². The third kappa shape index (κ3) is 6.37. The van der Waals surface area contributed by atoms with Crippen LogP contribution in [0.3, 0.4) is 0 Å². The van der Waals surface area contributed by atoms with Gasteiger partial charge in [-0.2, -0.15) is 0 Å².